The number of benzene rings is 1. The molecule has 1 nitrogen and oxygen atoms in total. The van der Waals surface area contributed by atoms with Gasteiger partial charge in [-0.25, -0.2) is 4.39 Å². The Kier molecular flexibility index (Phi) is 4.94. The van der Waals surface area contributed by atoms with Gasteiger partial charge in [-0.05, 0) is 24.6 Å². The largest absolute Gasteiger partial charge is 0.490 e. The summed E-state index contributed by atoms with van der Waals surface area (Å²) in [4.78, 5) is 0. The van der Waals surface area contributed by atoms with Crippen LogP contribution in [0.2, 0.25) is 0 Å². The minimum atomic E-state index is -0.301. The van der Waals surface area contributed by atoms with Gasteiger partial charge in [0.05, 0.1) is 6.61 Å². The molecule has 0 spiro atoms. The molecule has 0 heterocycles. The van der Waals surface area contributed by atoms with Gasteiger partial charge < -0.3 is 4.74 Å². The maximum Gasteiger partial charge on any atom is 0.165 e. The number of halogens is 2. The Bertz CT molecular complexity index is 289. The lowest BCUT2D eigenvalue weighted by molar-refractivity contribution is 0.291. The van der Waals surface area contributed by atoms with E-state index in [-0.39, 0.29) is 5.82 Å². The highest BCUT2D eigenvalue weighted by Crippen LogP contribution is 2.22. The smallest absolute Gasteiger partial charge is 0.165 e. The minimum absolute atomic E-state index is 0.301. The van der Waals surface area contributed by atoms with Crippen molar-refractivity contribution in [2.45, 2.75) is 26.2 Å². The summed E-state index contributed by atoms with van der Waals surface area (Å²) in [5.74, 6) is 0.0279. The van der Waals surface area contributed by atoms with Crippen molar-refractivity contribution in [2.24, 2.45) is 0 Å². The van der Waals surface area contributed by atoms with Crippen LogP contribution in [-0.2, 0) is 0 Å². The van der Waals surface area contributed by atoms with Crippen molar-refractivity contribution in [3.63, 3.8) is 0 Å². The van der Waals surface area contributed by atoms with Crippen molar-refractivity contribution >= 4 is 15.9 Å². The van der Waals surface area contributed by atoms with Crippen molar-refractivity contribution in [1.82, 2.24) is 0 Å². The molecule has 0 amide bonds. The van der Waals surface area contributed by atoms with Crippen LogP contribution >= 0.6 is 15.9 Å². The molecule has 1 aromatic carbocycles. The molecular formula is C11H14BrFO. The van der Waals surface area contributed by atoms with Crippen molar-refractivity contribution in [3.8, 4) is 5.75 Å². The van der Waals surface area contributed by atoms with Crippen molar-refractivity contribution < 1.29 is 9.13 Å². The summed E-state index contributed by atoms with van der Waals surface area (Å²) in [5, 5.41) is 0. The lowest BCUT2D eigenvalue weighted by Gasteiger charge is -2.06. The van der Waals surface area contributed by atoms with Crippen molar-refractivity contribution in [3.05, 3.63) is 28.5 Å². The normalized spacial score (nSPS) is 10.2. The number of ether oxygens (including phenoxy) is 1. The highest BCUT2D eigenvalue weighted by atomic mass is 79.9. The molecule has 14 heavy (non-hydrogen) atoms. The first-order chi connectivity index (χ1) is 6.74. The van der Waals surface area contributed by atoms with Gasteiger partial charge >= 0.3 is 0 Å². The second-order valence-electron chi connectivity index (χ2n) is 3.13. The molecule has 3 heteroatoms. The molecule has 0 saturated heterocycles. The number of rotatable bonds is 5. The average molecular weight is 261 g/mol. The Morgan fingerprint density at radius 2 is 2.14 bits per heavy atom. The zero-order valence-corrected chi connectivity index (χ0v) is 9.81. The predicted octanol–water partition coefficient (Wildman–Crippen LogP) is 4.16. The van der Waals surface area contributed by atoms with Crippen LogP contribution in [0.4, 0.5) is 4.39 Å². The van der Waals surface area contributed by atoms with Crippen LogP contribution in [0.1, 0.15) is 26.2 Å². The monoisotopic (exact) mass is 260 g/mol. The van der Waals surface area contributed by atoms with Crippen LogP contribution in [0.25, 0.3) is 0 Å². The van der Waals surface area contributed by atoms with Gasteiger partial charge in [0.15, 0.2) is 11.6 Å². The van der Waals surface area contributed by atoms with Crippen LogP contribution in [0.5, 0.6) is 5.75 Å². The fourth-order valence-electron chi connectivity index (χ4n) is 1.12. The first-order valence-electron chi connectivity index (χ1n) is 4.82. The summed E-state index contributed by atoms with van der Waals surface area (Å²) in [6.07, 6.45) is 3.24. The molecule has 78 valence electrons. The predicted molar refractivity (Wildman–Crippen MR) is 59.1 cm³/mol. The van der Waals surface area contributed by atoms with Gasteiger partial charge in [0.1, 0.15) is 0 Å². The third kappa shape index (κ3) is 3.66. The van der Waals surface area contributed by atoms with E-state index in [4.69, 9.17) is 4.74 Å². The fourth-order valence-corrected chi connectivity index (χ4v) is 1.46. The van der Waals surface area contributed by atoms with Crippen LogP contribution in [0, 0.1) is 5.82 Å². The summed E-state index contributed by atoms with van der Waals surface area (Å²) in [5.41, 5.74) is 0. The van der Waals surface area contributed by atoms with E-state index >= 15 is 0 Å². The Morgan fingerprint density at radius 3 is 2.86 bits per heavy atom. The lowest BCUT2D eigenvalue weighted by Crippen LogP contribution is -1.98. The maximum atomic E-state index is 13.1. The van der Waals surface area contributed by atoms with Crippen LogP contribution < -0.4 is 4.74 Å². The van der Waals surface area contributed by atoms with Gasteiger partial charge in [0, 0.05) is 4.47 Å². The number of unbranched alkanes of at least 4 members (excludes halogenated alkanes) is 2. The molecule has 0 unspecified atom stereocenters. The molecule has 0 saturated carbocycles. The molecule has 1 rings (SSSR count). The van der Waals surface area contributed by atoms with Gasteiger partial charge in [-0.2, -0.15) is 0 Å². The lowest BCUT2D eigenvalue weighted by atomic mass is 10.3. The van der Waals surface area contributed by atoms with Gasteiger partial charge in [-0.3, -0.25) is 0 Å². The summed E-state index contributed by atoms with van der Waals surface area (Å²) < 4.78 is 19.3. The average Bonchev–Trinajstić information content (AvgIpc) is 2.18. The number of hydrogen-bond acceptors (Lipinski definition) is 1. The molecule has 0 atom stereocenters. The molecular weight excluding hydrogens is 247 g/mol. The zero-order chi connectivity index (χ0) is 10.4. The van der Waals surface area contributed by atoms with Crippen LogP contribution in [-0.4, -0.2) is 6.61 Å². The van der Waals surface area contributed by atoms with E-state index in [9.17, 15) is 4.39 Å². The molecule has 1 aromatic rings. The topological polar surface area (TPSA) is 9.23 Å². The minimum Gasteiger partial charge on any atom is -0.490 e. The zero-order valence-electron chi connectivity index (χ0n) is 8.22. The van der Waals surface area contributed by atoms with Gasteiger partial charge in [-0.15, -0.1) is 0 Å². The van der Waals surface area contributed by atoms with E-state index in [0.29, 0.717) is 12.4 Å². The van der Waals surface area contributed by atoms with E-state index in [0.717, 1.165) is 23.7 Å². The van der Waals surface area contributed by atoms with Crippen molar-refractivity contribution in [1.29, 1.82) is 0 Å². The molecule has 0 aliphatic heterocycles. The molecule has 0 aromatic heterocycles. The van der Waals surface area contributed by atoms with E-state index in [1.54, 1.807) is 12.1 Å². The van der Waals surface area contributed by atoms with Gasteiger partial charge in [0.2, 0.25) is 0 Å². The van der Waals surface area contributed by atoms with E-state index in [1.807, 2.05) is 0 Å². The summed E-state index contributed by atoms with van der Waals surface area (Å²) in [7, 11) is 0. The molecule has 0 radical (unpaired) electrons. The highest BCUT2D eigenvalue weighted by molar-refractivity contribution is 9.10. The van der Waals surface area contributed by atoms with Gasteiger partial charge in [0.25, 0.3) is 0 Å². The standard InChI is InChI=1S/C11H14BrFO/c1-2-3-4-7-14-11-8-9(12)5-6-10(11)13/h5-6,8H,2-4,7H2,1H3. The Hall–Kier alpha value is -0.570. The summed E-state index contributed by atoms with van der Waals surface area (Å²) in [6.45, 7) is 2.71. The molecule has 0 aliphatic rings. The SMILES string of the molecule is CCCCCOc1cc(Br)ccc1F. The summed E-state index contributed by atoms with van der Waals surface area (Å²) >= 11 is 3.27. The second-order valence-corrected chi connectivity index (χ2v) is 4.05. The van der Waals surface area contributed by atoms with E-state index < -0.39 is 0 Å². The summed E-state index contributed by atoms with van der Waals surface area (Å²) in [6, 6.07) is 4.72. The second kappa shape index (κ2) is 6.02. The quantitative estimate of drug-likeness (QED) is 0.723. The first kappa shape index (κ1) is 11.5. The molecule has 0 bridgehead atoms. The third-order valence-corrected chi connectivity index (χ3v) is 2.39. The Labute approximate surface area is 92.4 Å². The van der Waals surface area contributed by atoms with E-state index in [2.05, 4.69) is 22.9 Å². The third-order valence-electron chi connectivity index (χ3n) is 1.90. The fraction of sp³-hybridized carbons (Fsp3) is 0.455. The molecule has 0 N–H and O–H groups in total. The Morgan fingerprint density at radius 1 is 1.36 bits per heavy atom. The first-order valence-corrected chi connectivity index (χ1v) is 5.61. The molecule has 0 aliphatic carbocycles. The van der Waals surface area contributed by atoms with Crippen molar-refractivity contribution in [2.75, 3.05) is 6.61 Å². The maximum absolute atomic E-state index is 13.1. The van der Waals surface area contributed by atoms with E-state index in [1.165, 1.54) is 6.07 Å². The highest BCUT2D eigenvalue weighted by Gasteiger charge is 2.02. The van der Waals surface area contributed by atoms with Crippen LogP contribution in [0.15, 0.2) is 22.7 Å². The van der Waals surface area contributed by atoms with Crippen LogP contribution in [0.3, 0.4) is 0 Å². The number of hydrogen-bond donors (Lipinski definition) is 0. The Balaban J connectivity index is 2.45. The molecule has 0 fully saturated rings. The van der Waals surface area contributed by atoms with Gasteiger partial charge in [-0.1, -0.05) is 35.7 Å².